The molecule has 2 nitrogen and oxygen atoms in total. The maximum absolute atomic E-state index is 12.1. The van der Waals surface area contributed by atoms with Gasteiger partial charge in [-0.1, -0.05) is 30.3 Å². The van der Waals surface area contributed by atoms with Crippen LogP contribution in [0, 0.1) is 0 Å². The quantitative estimate of drug-likeness (QED) is 0.778. The fourth-order valence-corrected chi connectivity index (χ4v) is 4.01. The summed E-state index contributed by atoms with van der Waals surface area (Å²) in [7, 11) is 0. The van der Waals surface area contributed by atoms with Crippen LogP contribution in [0.25, 0.3) is 0 Å². The highest BCUT2D eigenvalue weighted by Crippen LogP contribution is 2.37. The summed E-state index contributed by atoms with van der Waals surface area (Å²) in [5.41, 5.74) is 1.13. The molecule has 0 aromatic heterocycles. The minimum absolute atomic E-state index is 0.305. The van der Waals surface area contributed by atoms with Crippen molar-refractivity contribution in [3.05, 3.63) is 35.9 Å². The van der Waals surface area contributed by atoms with E-state index in [0.717, 1.165) is 17.9 Å². The average Bonchev–Trinajstić information content (AvgIpc) is 2.92. The minimum atomic E-state index is 0.305. The largest absolute Gasteiger partial charge is 0.337 e. The first-order chi connectivity index (χ1) is 7.83. The maximum Gasteiger partial charge on any atom is 0.227 e. The number of thioether (sulfide) groups is 1. The summed E-state index contributed by atoms with van der Waals surface area (Å²) in [4.78, 5) is 14.2. The smallest absolute Gasteiger partial charge is 0.227 e. The van der Waals surface area contributed by atoms with E-state index < -0.39 is 0 Å². The molecule has 1 aromatic rings. The third-order valence-electron chi connectivity index (χ3n) is 3.42. The Morgan fingerprint density at radius 3 is 2.81 bits per heavy atom. The first-order valence-electron chi connectivity index (χ1n) is 5.78. The van der Waals surface area contributed by atoms with Crippen LogP contribution in [0.1, 0.15) is 12.0 Å². The normalized spacial score (nSPS) is 27.4. The summed E-state index contributed by atoms with van der Waals surface area (Å²) in [6.45, 7) is 0.973. The van der Waals surface area contributed by atoms with E-state index in [2.05, 4.69) is 4.90 Å². The van der Waals surface area contributed by atoms with Gasteiger partial charge in [0.15, 0.2) is 0 Å². The Morgan fingerprint density at radius 1 is 1.38 bits per heavy atom. The monoisotopic (exact) mass is 233 g/mol. The first-order valence-corrected chi connectivity index (χ1v) is 6.83. The second kappa shape index (κ2) is 4.13. The molecule has 2 saturated heterocycles. The lowest BCUT2D eigenvalue weighted by Crippen LogP contribution is -2.40. The summed E-state index contributed by atoms with van der Waals surface area (Å²) in [6.07, 6.45) is 1.78. The molecule has 3 rings (SSSR count). The Balaban J connectivity index is 1.66. The van der Waals surface area contributed by atoms with E-state index in [9.17, 15) is 4.79 Å². The van der Waals surface area contributed by atoms with Crippen molar-refractivity contribution >= 4 is 17.7 Å². The van der Waals surface area contributed by atoms with Gasteiger partial charge in [0.2, 0.25) is 5.91 Å². The zero-order valence-electron chi connectivity index (χ0n) is 9.13. The molecule has 2 aliphatic heterocycles. The first kappa shape index (κ1) is 10.2. The minimum Gasteiger partial charge on any atom is -0.337 e. The van der Waals surface area contributed by atoms with Crippen LogP contribution in [-0.2, 0) is 11.2 Å². The molecule has 0 aliphatic carbocycles. The fraction of sp³-hybridized carbons (Fsp3) is 0.462. The van der Waals surface area contributed by atoms with Crippen LogP contribution in [0.2, 0.25) is 0 Å². The Bertz CT molecular complexity index is 392. The van der Waals surface area contributed by atoms with E-state index in [1.54, 1.807) is 0 Å². The van der Waals surface area contributed by atoms with Gasteiger partial charge in [-0.3, -0.25) is 4.79 Å². The third-order valence-corrected chi connectivity index (χ3v) is 4.81. The average molecular weight is 233 g/mol. The summed E-state index contributed by atoms with van der Waals surface area (Å²) in [5, 5.41) is 0.713. The number of amides is 1. The fourth-order valence-electron chi connectivity index (χ4n) is 2.58. The number of fused-ring (bicyclic) bond motifs is 2. The van der Waals surface area contributed by atoms with Crippen LogP contribution in [0.3, 0.4) is 0 Å². The van der Waals surface area contributed by atoms with Crippen molar-refractivity contribution in [3.8, 4) is 0 Å². The SMILES string of the molecule is O=C(Cc1ccccc1)N1CC2CC1CS2. The van der Waals surface area contributed by atoms with Crippen molar-refractivity contribution in [2.75, 3.05) is 12.3 Å². The lowest BCUT2D eigenvalue weighted by Gasteiger charge is -2.26. The lowest BCUT2D eigenvalue weighted by atomic mass is 10.1. The van der Waals surface area contributed by atoms with Gasteiger partial charge in [-0.2, -0.15) is 11.8 Å². The maximum atomic E-state index is 12.1. The van der Waals surface area contributed by atoms with Crippen molar-refractivity contribution < 1.29 is 4.79 Å². The van der Waals surface area contributed by atoms with Crippen molar-refractivity contribution in [3.63, 3.8) is 0 Å². The lowest BCUT2D eigenvalue weighted by molar-refractivity contribution is -0.130. The molecule has 1 aromatic carbocycles. The molecular formula is C13H15NOS. The molecule has 2 bridgehead atoms. The zero-order chi connectivity index (χ0) is 11.0. The molecule has 16 heavy (non-hydrogen) atoms. The molecule has 84 valence electrons. The highest BCUT2D eigenvalue weighted by molar-refractivity contribution is 8.00. The molecule has 2 fully saturated rings. The van der Waals surface area contributed by atoms with Gasteiger partial charge in [0, 0.05) is 23.6 Å². The molecular weight excluding hydrogens is 218 g/mol. The predicted molar refractivity (Wildman–Crippen MR) is 66.5 cm³/mol. The van der Waals surface area contributed by atoms with Crippen LogP contribution in [-0.4, -0.2) is 34.4 Å². The molecule has 2 unspecified atom stereocenters. The number of carbonyl (C=O) groups is 1. The Labute approximate surface area is 100 Å². The number of hydrogen-bond donors (Lipinski definition) is 0. The molecule has 3 heteroatoms. The Kier molecular flexibility index (Phi) is 2.64. The number of benzene rings is 1. The van der Waals surface area contributed by atoms with Gasteiger partial charge < -0.3 is 4.90 Å². The molecule has 2 atom stereocenters. The van der Waals surface area contributed by atoms with Crippen LogP contribution >= 0.6 is 11.8 Å². The van der Waals surface area contributed by atoms with Gasteiger partial charge in [0.1, 0.15) is 0 Å². The van der Waals surface area contributed by atoms with Gasteiger partial charge in [-0.05, 0) is 12.0 Å². The van der Waals surface area contributed by atoms with E-state index in [1.807, 2.05) is 42.1 Å². The van der Waals surface area contributed by atoms with Gasteiger partial charge in [-0.15, -0.1) is 0 Å². The number of likely N-dealkylation sites (tertiary alicyclic amines) is 1. The molecule has 2 aliphatic rings. The molecule has 2 heterocycles. The summed E-state index contributed by atoms with van der Waals surface area (Å²) in [5.74, 6) is 1.45. The van der Waals surface area contributed by atoms with Crippen molar-refractivity contribution in [2.24, 2.45) is 0 Å². The number of rotatable bonds is 2. The van der Waals surface area contributed by atoms with Crippen molar-refractivity contribution in [1.29, 1.82) is 0 Å². The highest BCUT2D eigenvalue weighted by atomic mass is 32.2. The van der Waals surface area contributed by atoms with E-state index in [-0.39, 0.29) is 0 Å². The van der Waals surface area contributed by atoms with Crippen molar-refractivity contribution in [2.45, 2.75) is 24.1 Å². The van der Waals surface area contributed by atoms with Crippen LogP contribution in [0.15, 0.2) is 30.3 Å². The molecule has 1 amide bonds. The van der Waals surface area contributed by atoms with Gasteiger partial charge >= 0.3 is 0 Å². The second-order valence-electron chi connectivity index (χ2n) is 4.55. The molecule has 0 saturated carbocycles. The Morgan fingerprint density at radius 2 is 2.19 bits per heavy atom. The van der Waals surface area contributed by atoms with E-state index in [4.69, 9.17) is 0 Å². The third kappa shape index (κ3) is 1.84. The summed E-state index contributed by atoms with van der Waals surface area (Å²) < 4.78 is 0. The highest BCUT2D eigenvalue weighted by Gasteiger charge is 2.40. The number of carbonyl (C=O) groups excluding carboxylic acids is 1. The second-order valence-corrected chi connectivity index (χ2v) is 5.89. The van der Waals surface area contributed by atoms with Crippen LogP contribution < -0.4 is 0 Å². The van der Waals surface area contributed by atoms with Gasteiger partial charge in [-0.25, -0.2) is 0 Å². The zero-order valence-corrected chi connectivity index (χ0v) is 9.95. The topological polar surface area (TPSA) is 20.3 Å². The van der Waals surface area contributed by atoms with Crippen LogP contribution in [0.4, 0.5) is 0 Å². The summed E-state index contributed by atoms with van der Waals surface area (Å²) >= 11 is 2.03. The summed E-state index contributed by atoms with van der Waals surface area (Å²) in [6, 6.07) is 10.6. The molecule has 0 spiro atoms. The Hall–Kier alpha value is -0.960. The predicted octanol–water partition coefficient (Wildman–Crippen LogP) is 1.95. The van der Waals surface area contributed by atoms with Crippen molar-refractivity contribution in [1.82, 2.24) is 4.90 Å². The van der Waals surface area contributed by atoms with E-state index >= 15 is 0 Å². The molecule has 0 N–H and O–H groups in total. The standard InChI is InChI=1S/C13H15NOS/c15-13(6-10-4-2-1-3-5-10)14-8-12-7-11(14)9-16-12/h1-5,11-12H,6-9H2. The van der Waals surface area contributed by atoms with Gasteiger partial charge in [0.05, 0.1) is 6.42 Å². The van der Waals surface area contributed by atoms with E-state index in [0.29, 0.717) is 23.6 Å². The van der Waals surface area contributed by atoms with Gasteiger partial charge in [0.25, 0.3) is 0 Å². The number of nitrogens with zero attached hydrogens (tertiary/aromatic N) is 1. The molecule has 0 radical (unpaired) electrons. The number of hydrogen-bond acceptors (Lipinski definition) is 2. The van der Waals surface area contributed by atoms with E-state index in [1.165, 1.54) is 6.42 Å². The van der Waals surface area contributed by atoms with Crippen LogP contribution in [0.5, 0.6) is 0 Å².